The van der Waals surface area contributed by atoms with Crippen LogP contribution in [0.1, 0.15) is 5.69 Å². The van der Waals surface area contributed by atoms with Crippen LogP contribution in [0.25, 0.3) is 17.0 Å². The number of aryl methyl sites for hydroxylation is 1. The minimum atomic E-state index is -3.70. The highest BCUT2D eigenvalue weighted by Gasteiger charge is 2.20. The molecule has 0 atom stereocenters. The molecule has 0 saturated carbocycles. The van der Waals surface area contributed by atoms with Crippen LogP contribution < -0.4 is 0 Å². The van der Waals surface area contributed by atoms with Gasteiger partial charge in [0.2, 0.25) is 0 Å². The monoisotopic (exact) mass is 338 g/mol. The molecule has 24 heavy (non-hydrogen) atoms. The second-order valence-electron chi connectivity index (χ2n) is 5.37. The molecule has 0 aliphatic carbocycles. The first-order chi connectivity index (χ1) is 11.6. The largest absolute Gasteiger partial charge is 0.298 e. The van der Waals surface area contributed by atoms with Gasteiger partial charge in [-0.1, -0.05) is 24.3 Å². The number of hydrogen-bond acceptors (Lipinski definition) is 4. The van der Waals surface area contributed by atoms with Gasteiger partial charge >= 0.3 is 0 Å². The molecular weight excluding hydrogens is 324 g/mol. The summed E-state index contributed by atoms with van der Waals surface area (Å²) in [6.45, 7) is 1.88. The number of hydrogen-bond donors (Lipinski definition) is 0. The van der Waals surface area contributed by atoms with Crippen LogP contribution in [-0.4, -0.2) is 27.0 Å². The van der Waals surface area contributed by atoms with Crippen molar-refractivity contribution in [3.63, 3.8) is 0 Å². The summed E-state index contributed by atoms with van der Waals surface area (Å²) in [7, 11) is -3.70. The fourth-order valence-corrected chi connectivity index (χ4v) is 3.82. The maximum absolute atomic E-state index is 12.6. The molecule has 0 radical (unpaired) electrons. The third-order valence-corrected chi connectivity index (χ3v) is 5.36. The van der Waals surface area contributed by atoms with Gasteiger partial charge in [0.05, 0.1) is 16.3 Å². The average Bonchev–Trinajstić information content (AvgIpc) is 3.19. The van der Waals surface area contributed by atoms with Gasteiger partial charge in [-0.3, -0.25) is 4.40 Å². The molecule has 0 bridgehead atoms. The SMILES string of the molecule is Cc1nc2ccccn2c1-c1ccn(S(=O)(=O)c2ccccc2)n1. The van der Waals surface area contributed by atoms with Crippen LogP contribution in [0.3, 0.4) is 0 Å². The lowest BCUT2D eigenvalue weighted by molar-refractivity contribution is 0.580. The Morgan fingerprint density at radius 1 is 0.917 bits per heavy atom. The molecular formula is C17H14N4O2S. The predicted molar refractivity (Wildman–Crippen MR) is 90.2 cm³/mol. The molecule has 0 amide bonds. The van der Waals surface area contributed by atoms with Crippen LogP contribution >= 0.6 is 0 Å². The van der Waals surface area contributed by atoms with Crippen LogP contribution in [0, 0.1) is 6.92 Å². The lowest BCUT2D eigenvalue weighted by Crippen LogP contribution is -2.13. The molecule has 120 valence electrons. The van der Waals surface area contributed by atoms with Crippen molar-refractivity contribution >= 4 is 15.7 Å². The van der Waals surface area contributed by atoms with Crippen molar-refractivity contribution in [1.82, 2.24) is 18.6 Å². The summed E-state index contributed by atoms with van der Waals surface area (Å²) in [4.78, 5) is 4.69. The third kappa shape index (κ3) is 2.21. The number of fused-ring (bicyclic) bond motifs is 1. The Hall–Kier alpha value is -2.93. The number of nitrogens with zero attached hydrogens (tertiary/aromatic N) is 4. The van der Waals surface area contributed by atoms with Crippen molar-refractivity contribution in [3.8, 4) is 11.4 Å². The van der Waals surface area contributed by atoms with Crippen molar-refractivity contribution in [2.24, 2.45) is 0 Å². The normalized spacial score (nSPS) is 11.9. The van der Waals surface area contributed by atoms with E-state index in [2.05, 4.69) is 10.1 Å². The Balaban J connectivity index is 1.85. The second kappa shape index (κ2) is 5.31. The molecule has 0 fully saturated rings. The van der Waals surface area contributed by atoms with E-state index in [9.17, 15) is 8.42 Å². The van der Waals surface area contributed by atoms with Crippen molar-refractivity contribution in [1.29, 1.82) is 0 Å². The number of imidazole rings is 1. The quantitative estimate of drug-likeness (QED) is 0.576. The van der Waals surface area contributed by atoms with Crippen molar-refractivity contribution in [2.45, 2.75) is 11.8 Å². The maximum atomic E-state index is 12.6. The van der Waals surface area contributed by atoms with E-state index in [-0.39, 0.29) is 4.90 Å². The second-order valence-corrected chi connectivity index (χ2v) is 7.16. The fraction of sp³-hybridized carbons (Fsp3) is 0.0588. The Kier molecular flexibility index (Phi) is 3.24. The van der Waals surface area contributed by atoms with Gasteiger partial charge in [0, 0.05) is 12.4 Å². The zero-order chi connectivity index (χ0) is 16.7. The Morgan fingerprint density at radius 3 is 2.46 bits per heavy atom. The predicted octanol–water partition coefficient (Wildman–Crippen LogP) is 2.74. The van der Waals surface area contributed by atoms with E-state index in [1.807, 2.05) is 35.7 Å². The molecule has 6 nitrogen and oxygen atoms in total. The molecule has 0 aliphatic heterocycles. The van der Waals surface area contributed by atoms with Gasteiger partial charge in [-0.25, -0.2) is 4.98 Å². The first-order valence-corrected chi connectivity index (χ1v) is 8.82. The van der Waals surface area contributed by atoms with Gasteiger partial charge < -0.3 is 0 Å². The molecule has 4 rings (SSSR count). The molecule has 0 unspecified atom stereocenters. The molecule has 7 heteroatoms. The van der Waals surface area contributed by atoms with Crippen LogP contribution in [-0.2, 0) is 10.0 Å². The summed E-state index contributed by atoms with van der Waals surface area (Å²) < 4.78 is 28.2. The summed E-state index contributed by atoms with van der Waals surface area (Å²) in [6, 6.07) is 15.6. The maximum Gasteiger partial charge on any atom is 0.282 e. The third-order valence-electron chi connectivity index (χ3n) is 3.80. The van der Waals surface area contributed by atoms with Crippen molar-refractivity contribution < 1.29 is 8.42 Å². The highest BCUT2D eigenvalue weighted by atomic mass is 32.2. The van der Waals surface area contributed by atoms with Gasteiger partial charge in [0.25, 0.3) is 10.0 Å². The first kappa shape index (κ1) is 14.6. The van der Waals surface area contributed by atoms with Gasteiger partial charge in [0.15, 0.2) is 0 Å². The molecule has 0 spiro atoms. The first-order valence-electron chi connectivity index (χ1n) is 7.38. The van der Waals surface area contributed by atoms with Gasteiger partial charge in [-0.2, -0.15) is 17.6 Å². The van der Waals surface area contributed by atoms with E-state index in [0.29, 0.717) is 5.69 Å². The Bertz CT molecular complexity index is 1130. The molecule has 0 N–H and O–H groups in total. The molecule has 0 aliphatic rings. The van der Waals surface area contributed by atoms with E-state index in [1.165, 1.54) is 6.20 Å². The summed E-state index contributed by atoms with van der Waals surface area (Å²) in [5.74, 6) is 0. The van der Waals surface area contributed by atoms with E-state index < -0.39 is 10.0 Å². The standard InChI is InChI=1S/C17H14N4O2S/c1-13-17(20-11-6-5-9-16(20)18-13)15-10-12-21(19-15)24(22,23)14-7-3-2-4-8-14/h2-12H,1H3. The number of benzene rings is 1. The zero-order valence-electron chi connectivity index (χ0n) is 12.9. The van der Waals surface area contributed by atoms with Gasteiger partial charge in [-0.15, -0.1) is 0 Å². The minimum absolute atomic E-state index is 0.203. The highest BCUT2D eigenvalue weighted by molar-refractivity contribution is 7.89. The number of aromatic nitrogens is 4. The number of rotatable bonds is 3. The topological polar surface area (TPSA) is 69.3 Å². The van der Waals surface area contributed by atoms with E-state index in [4.69, 9.17) is 0 Å². The molecule has 3 heterocycles. The Morgan fingerprint density at radius 2 is 1.67 bits per heavy atom. The summed E-state index contributed by atoms with van der Waals surface area (Å²) in [5.41, 5.74) is 2.94. The Labute approximate surface area is 139 Å². The van der Waals surface area contributed by atoms with Crippen LogP contribution in [0.15, 0.2) is 71.9 Å². The van der Waals surface area contributed by atoms with Crippen LogP contribution in [0.5, 0.6) is 0 Å². The van der Waals surface area contributed by atoms with E-state index in [1.54, 1.807) is 36.4 Å². The molecule has 1 aromatic carbocycles. The summed E-state index contributed by atoms with van der Waals surface area (Å²) >= 11 is 0. The average molecular weight is 338 g/mol. The van der Waals surface area contributed by atoms with Crippen LogP contribution in [0.4, 0.5) is 0 Å². The highest BCUT2D eigenvalue weighted by Crippen LogP contribution is 2.24. The van der Waals surface area contributed by atoms with E-state index in [0.717, 1.165) is 21.1 Å². The van der Waals surface area contributed by atoms with Crippen molar-refractivity contribution in [3.05, 3.63) is 72.7 Å². The van der Waals surface area contributed by atoms with Crippen LogP contribution in [0.2, 0.25) is 0 Å². The summed E-state index contributed by atoms with van der Waals surface area (Å²) in [5, 5.41) is 4.28. The minimum Gasteiger partial charge on any atom is -0.298 e. The zero-order valence-corrected chi connectivity index (χ0v) is 13.7. The lowest BCUT2D eigenvalue weighted by Gasteiger charge is -2.04. The van der Waals surface area contributed by atoms with Crippen molar-refractivity contribution in [2.75, 3.05) is 0 Å². The molecule has 3 aromatic heterocycles. The lowest BCUT2D eigenvalue weighted by atomic mass is 10.2. The summed E-state index contributed by atoms with van der Waals surface area (Å²) in [6.07, 6.45) is 3.34. The molecule has 4 aromatic rings. The van der Waals surface area contributed by atoms with Gasteiger partial charge in [0.1, 0.15) is 11.3 Å². The smallest absolute Gasteiger partial charge is 0.282 e. The van der Waals surface area contributed by atoms with E-state index >= 15 is 0 Å². The molecule has 0 saturated heterocycles. The fourth-order valence-electron chi connectivity index (χ4n) is 2.69. The number of pyridine rings is 1. The van der Waals surface area contributed by atoms with Gasteiger partial charge in [-0.05, 0) is 37.3 Å².